The van der Waals surface area contributed by atoms with Crippen molar-refractivity contribution < 1.29 is 14.4 Å². The maximum atomic E-state index is 12.9. The van der Waals surface area contributed by atoms with Gasteiger partial charge in [0.2, 0.25) is 0 Å². The Morgan fingerprint density at radius 2 is 1.69 bits per heavy atom. The topological polar surface area (TPSA) is 71.4 Å². The predicted octanol–water partition coefficient (Wildman–Crippen LogP) is 2.84. The molecule has 4 amide bonds. The third-order valence-corrected chi connectivity index (χ3v) is 4.37. The van der Waals surface area contributed by atoms with E-state index in [4.69, 9.17) is 0 Å². The molecule has 4 rings (SSSR count). The number of imide groups is 2. The summed E-state index contributed by atoms with van der Waals surface area (Å²) >= 11 is 0. The van der Waals surface area contributed by atoms with Crippen molar-refractivity contribution in [3.63, 3.8) is 0 Å². The summed E-state index contributed by atoms with van der Waals surface area (Å²) in [5.74, 6) is -1.34. The lowest BCUT2D eigenvalue weighted by atomic mass is 10.1. The fraction of sp³-hybridized carbons (Fsp3) is 0.0500. The second-order valence-electron chi connectivity index (χ2n) is 6.03. The van der Waals surface area contributed by atoms with Crippen molar-refractivity contribution in [2.75, 3.05) is 4.90 Å². The van der Waals surface area contributed by atoms with Gasteiger partial charge in [-0.05, 0) is 41.1 Å². The number of rotatable bonds is 2. The van der Waals surface area contributed by atoms with E-state index < -0.39 is 17.8 Å². The van der Waals surface area contributed by atoms with E-state index in [1.54, 1.807) is 22.8 Å². The molecule has 0 radical (unpaired) electrons. The minimum Gasteiger partial charge on any atom is -0.351 e. The van der Waals surface area contributed by atoms with Crippen molar-refractivity contribution in [2.24, 2.45) is 7.05 Å². The van der Waals surface area contributed by atoms with Crippen LogP contribution in [0, 0.1) is 0 Å². The summed E-state index contributed by atoms with van der Waals surface area (Å²) in [5, 5.41) is 4.13. The molecule has 6 nitrogen and oxygen atoms in total. The van der Waals surface area contributed by atoms with E-state index in [0.29, 0.717) is 11.4 Å². The van der Waals surface area contributed by atoms with Crippen LogP contribution in [0.4, 0.5) is 10.5 Å². The molecule has 128 valence electrons. The number of aryl methyl sites for hydroxylation is 1. The van der Waals surface area contributed by atoms with Crippen LogP contribution < -0.4 is 10.2 Å². The molecule has 2 heterocycles. The van der Waals surface area contributed by atoms with E-state index in [1.165, 1.54) is 6.08 Å². The smallest absolute Gasteiger partial charge is 0.335 e. The quantitative estimate of drug-likeness (QED) is 0.573. The third-order valence-electron chi connectivity index (χ3n) is 4.37. The highest BCUT2D eigenvalue weighted by atomic mass is 16.2. The van der Waals surface area contributed by atoms with Gasteiger partial charge in [0.05, 0.1) is 5.69 Å². The largest absolute Gasteiger partial charge is 0.351 e. The number of hydrogen-bond acceptors (Lipinski definition) is 3. The summed E-state index contributed by atoms with van der Waals surface area (Å²) in [6.45, 7) is 0. The number of hydrogen-bond donors (Lipinski definition) is 1. The van der Waals surface area contributed by atoms with Crippen molar-refractivity contribution >= 4 is 40.4 Å². The van der Waals surface area contributed by atoms with Crippen LogP contribution >= 0.6 is 0 Å². The summed E-state index contributed by atoms with van der Waals surface area (Å²) < 4.78 is 1.78. The Labute approximate surface area is 149 Å². The van der Waals surface area contributed by atoms with Crippen LogP contribution in [-0.4, -0.2) is 22.4 Å². The maximum absolute atomic E-state index is 12.9. The first kappa shape index (κ1) is 15.8. The summed E-state index contributed by atoms with van der Waals surface area (Å²) in [6.07, 6.45) is 3.29. The molecule has 3 aromatic rings. The predicted molar refractivity (Wildman–Crippen MR) is 98.4 cm³/mol. The average molecular weight is 345 g/mol. The molecule has 26 heavy (non-hydrogen) atoms. The molecular weight excluding hydrogens is 330 g/mol. The number of nitrogens with one attached hydrogen (secondary N) is 1. The molecular formula is C20H15N3O3. The highest BCUT2D eigenvalue weighted by Crippen LogP contribution is 2.26. The number of nitrogens with zero attached hydrogens (tertiary/aromatic N) is 2. The van der Waals surface area contributed by atoms with Gasteiger partial charge in [-0.1, -0.05) is 30.3 Å². The molecule has 6 heteroatoms. The van der Waals surface area contributed by atoms with Gasteiger partial charge in [0.25, 0.3) is 11.8 Å². The fourth-order valence-electron chi connectivity index (χ4n) is 2.98. The Hall–Kier alpha value is -3.67. The van der Waals surface area contributed by atoms with Crippen LogP contribution in [0.1, 0.15) is 5.69 Å². The van der Waals surface area contributed by atoms with Crippen molar-refractivity contribution in [3.05, 3.63) is 72.1 Å². The second kappa shape index (κ2) is 6.00. The van der Waals surface area contributed by atoms with E-state index in [9.17, 15) is 14.4 Å². The summed E-state index contributed by atoms with van der Waals surface area (Å²) in [5.41, 5.74) is 1.02. The van der Waals surface area contributed by atoms with Gasteiger partial charge in [0.15, 0.2) is 0 Å². The zero-order valence-electron chi connectivity index (χ0n) is 14.0. The Morgan fingerprint density at radius 3 is 2.42 bits per heavy atom. The molecule has 1 aliphatic rings. The molecule has 0 saturated carbocycles. The van der Waals surface area contributed by atoms with Gasteiger partial charge < -0.3 is 4.57 Å². The number of fused-ring (bicyclic) bond motifs is 1. The molecule has 1 fully saturated rings. The van der Waals surface area contributed by atoms with Crippen molar-refractivity contribution in [3.8, 4) is 0 Å². The highest BCUT2D eigenvalue weighted by Gasteiger charge is 2.37. The van der Waals surface area contributed by atoms with Crippen LogP contribution in [0.3, 0.4) is 0 Å². The SMILES string of the molecule is Cn1cccc1C=C1C(=O)NC(=O)N(c2ccc3ccccc3c2)C1=O. The molecule has 0 spiro atoms. The van der Waals surface area contributed by atoms with Crippen molar-refractivity contribution in [1.29, 1.82) is 0 Å². The van der Waals surface area contributed by atoms with Gasteiger partial charge >= 0.3 is 6.03 Å². The van der Waals surface area contributed by atoms with Gasteiger partial charge in [-0.2, -0.15) is 0 Å². The molecule has 0 atom stereocenters. The molecule has 1 aliphatic heterocycles. The number of carbonyl (C=O) groups is 3. The van der Waals surface area contributed by atoms with Gasteiger partial charge in [-0.25, -0.2) is 9.69 Å². The average Bonchev–Trinajstić information content (AvgIpc) is 3.03. The van der Waals surface area contributed by atoms with Crippen molar-refractivity contribution in [2.45, 2.75) is 0 Å². The Balaban J connectivity index is 1.78. The molecule has 0 bridgehead atoms. The van der Waals surface area contributed by atoms with Crippen LogP contribution in [0.15, 0.2) is 66.4 Å². The molecule has 0 unspecified atom stereocenters. The molecule has 1 saturated heterocycles. The van der Waals surface area contributed by atoms with Crippen LogP contribution in [-0.2, 0) is 16.6 Å². The molecule has 1 aromatic heterocycles. The minimum atomic E-state index is -0.751. The Kier molecular flexibility index (Phi) is 3.65. The lowest BCUT2D eigenvalue weighted by Crippen LogP contribution is -2.54. The fourth-order valence-corrected chi connectivity index (χ4v) is 2.98. The second-order valence-corrected chi connectivity index (χ2v) is 6.03. The normalized spacial score (nSPS) is 16.4. The van der Waals surface area contributed by atoms with E-state index in [1.807, 2.05) is 49.6 Å². The van der Waals surface area contributed by atoms with Crippen LogP contribution in [0.2, 0.25) is 0 Å². The summed E-state index contributed by atoms with van der Waals surface area (Å²) in [6, 6.07) is 15.8. The number of carbonyl (C=O) groups excluding carboxylic acids is 3. The van der Waals surface area contributed by atoms with E-state index >= 15 is 0 Å². The third kappa shape index (κ3) is 2.57. The zero-order valence-corrected chi connectivity index (χ0v) is 14.0. The maximum Gasteiger partial charge on any atom is 0.335 e. The summed E-state index contributed by atoms with van der Waals surface area (Å²) in [4.78, 5) is 38.4. The van der Waals surface area contributed by atoms with Gasteiger partial charge in [-0.3, -0.25) is 14.9 Å². The number of amides is 4. The lowest BCUT2D eigenvalue weighted by molar-refractivity contribution is -0.122. The van der Waals surface area contributed by atoms with Gasteiger partial charge in [0, 0.05) is 18.9 Å². The van der Waals surface area contributed by atoms with E-state index in [2.05, 4.69) is 5.32 Å². The van der Waals surface area contributed by atoms with Crippen molar-refractivity contribution in [1.82, 2.24) is 9.88 Å². The first-order valence-electron chi connectivity index (χ1n) is 8.06. The first-order chi connectivity index (χ1) is 12.5. The molecule has 0 aliphatic carbocycles. The van der Waals surface area contributed by atoms with Crippen LogP contribution in [0.5, 0.6) is 0 Å². The standard InChI is InChI=1S/C20H15N3O3/c1-22-10-4-7-15(22)12-17-18(24)21-20(26)23(19(17)25)16-9-8-13-5-2-3-6-14(13)11-16/h2-12H,1H3,(H,21,24,26). The first-order valence-corrected chi connectivity index (χ1v) is 8.06. The Morgan fingerprint density at radius 1 is 0.923 bits per heavy atom. The van der Waals surface area contributed by atoms with Gasteiger partial charge in [0.1, 0.15) is 5.57 Å². The molecule has 2 aromatic carbocycles. The summed E-state index contributed by atoms with van der Waals surface area (Å²) in [7, 11) is 1.81. The molecule has 1 N–H and O–H groups in total. The van der Waals surface area contributed by atoms with E-state index in [0.717, 1.165) is 15.7 Å². The van der Waals surface area contributed by atoms with E-state index in [-0.39, 0.29) is 5.57 Å². The Bertz CT molecular complexity index is 1090. The monoisotopic (exact) mass is 345 g/mol. The minimum absolute atomic E-state index is 0.0837. The number of anilines is 1. The number of aromatic nitrogens is 1. The van der Waals surface area contributed by atoms with Crippen LogP contribution in [0.25, 0.3) is 16.8 Å². The number of urea groups is 1. The lowest BCUT2D eigenvalue weighted by Gasteiger charge is -2.26. The van der Waals surface area contributed by atoms with Gasteiger partial charge in [-0.15, -0.1) is 0 Å². The zero-order chi connectivity index (χ0) is 18.3. The number of barbiturate groups is 1. The highest BCUT2D eigenvalue weighted by molar-refractivity contribution is 6.39. The number of benzene rings is 2.